The zero-order chi connectivity index (χ0) is 24.2. The van der Waals surface area contributed by atoms with E-state index < -0.39 is 4.92 Å². The monoisotopic (exact) mass is 465 g/mol. The Morgan fingerprint density at radius 1 is 1.21 bits per heavy atom. The maximum absolute atomic E-state index is 12.9. The van der Waals surface area contributed by atoms with Gasteiger partial charge in [0.15, 0.2) is 5.82 Å². The number of piperazine rings is 1. The van der Waals surface area contributed by atoms with E-state index in [-0.39, 0.29) is 41.4 Å². The number of rotatable bonds is 6. The molecule has 1 aromatic heterocycles. The van der Waals surface area contributed by atoms with Crippen LogP contribution in [-0.4, -0.2) is 69.5 Å². The average molecular weight is 465 g/mol. The molecular formula is C23H23N5O6. The Kier molecular flexibility index (Phi) is 6.53. The summed E-state index contributed by atoms with van der Waals surface area (Å²) in [5.74, 6) is 0.740. The molecule has 11 nitrogen and oxygen atoms in total. The molecule has 0 spiro atoms. The van der Waals surface area contributed by atoms with Crippen molar-refractivity contribution in [3.63, 3.8) is 0 Å². The Hall–Kier alpha value is -4.28. The summed E-state index contributed by atoms with van der Waals surface area (Å²) in [5, 5.41) is 14.9. The summed E-state index contributed by atoms with van der Waals surface area (Å²) in [6, 6.07) is 12.6. The number of aromatic nitrogens is 2. The van der Waals surface area contributed by atoms with E-state index in [1.165, 1.54) is 18.2 Å². The second-order valence-electron chi connectivity index (χ2n) is 7.92. The van der Waals surface area contributed by atoms with Gasteiger partial charge in [-0.15, -0.1) is 0 Å². The largest absolute Gasteiger partial charge is 0.497 e. The van der Waals surface area contributed by atoms with Crippen LogP contribution in [0.15, 0.2) is 53.1 Å². The number of carbonyl (C=O) groups is 2. The fourth-order valence-electron chi connectivity index (χ4n) is 3.85. The molecule has 0 radical (unpaired) electrons. The lowest BCUT2D eigenvalue weighted by atomic mass is 10.1. The minimum atomic E-state index is -0.533. The summed E-state index contributed by atoms with van der Waals surface area (Å²) in [4.78, 5) is 43.8. The number of hydrogen-bond acceptors (Lipinski definition) is 8. The SMILES string of the molecule is COc1cccc(-c2nc(CC(=O)N3CCN(C(=O)c4cccc([N+](=O)[O-])c4)C(C)C3)no2)c1. The van der Waals surface area contributed by atoms with Crippen LogP contribution in [0.25, 0.3) is 11.5 Å². The van der Waals surface area contributed by atoms with E-state index in [2.05, 4.69) is 10.1 Å². The highest BCUT2D eigenvalue weighted by molar-refractivity contribution is 5.95. The topological polar surface area (TPSA) is 132 Å². The van der Waals surface area contributed by atoms with Gasteiger partial charge in [-0.3, -0.25) is 19.7 Å². The smallest absolute Gasteiger partial charge is 0.270 e. The van der Waals surface area contributed by atoms with E-state index in [0.717, 1.165) is 0 Å². The first kappa shape index (κ1) is 22.9. The Balaban J connectivity index is 1.37. The molecule has 4 rings (SSSR count). The number of carbonyl (C=O) groups excluding carboxylic acids is 2. The molecule has 0 aliphatic carbocycles. The van der Waals surface area contributed by atoms with Gasteiger partial charge in [0.2, 0.25) is 5.91 Å². The molecule has 1 unspecified atom stereocenters. The number of nitro groups is 1. The lowest BCUT2D eigenvalue weighted by molar-refractivity contribution is -0.384. The molecule has 1 aliphatic heterocycles. The molecule has 1 atom stereocenters. The predicted molar refractivity (Wildman–Crippen MR) is 120 cm³/mol. The van der Waals surface area contributed by atoms with Crippen molar-refractivity contribution < 1.29 is 23.8 Å². The van der Waals surface area contributed by atoms with Gasteiger partial charge < -0.3 is 19.1 Å². The van der Waals surface area contributed by atoms with Crippen molar-refractivity contribution in [2.75, 3.05) is 26.7 Å². The van der Waals surface area contributed by atoms with Gasteiger partial charge in [0, 0.05) is 48.9 Å². The van der Waals surface area contributed by atoms with E-state index in [1.54, 1.807) is 47.2 Å². The molecule has 2 amide bonds. The second-order valence-corrected chi connectivity index (χ2v) is 7.92. The van der Waals surface area contributed by atoms with Gasteiger partial charge in [-0.05, 0) is 31.2 Å². The molecule has 0 N–H and O–H groups in total. The summed E-state index contributed by atoms with van der Waals surface area (Å²) in [5.41, 5.74) is 0.797. The number of non-ortho nitro benzene ring substituents is 1. The van der Waals surface area contributed by atoms with E-state index in [9.17, 15) is 19.7 Å². The molecule has 2 heterocycles. The summed E-state index contributed by atoms with van der Waals surface area (Å²) in [6.07, 6.45) is -0.0288. The molecule has 3 aromatic rings. The molecule has 0 bridgehead atoms. The molecule has 176 valence electrons. The molecule has 34 heavy (non-hydrogen) atoms. The predicted octanol–water partition coefficient (Wildman–Crippen LogP) is 2.57. The van der Waals surface area contributed by atoms with Crippen molar-refractivity contribution in [1.82, 2.24) is 19.9 Å². The van der Waals surface area contributed by atoms with Crippen LogP contribution < -0.4 is 4.74 Å². The highest BCUT2D eigenvalue weighted by atomic mass is 16.6. The number of benzene rings is 2. The van der Waals surface area contributed by atoms with Crippen LogP contribution in [0, 0.1) is 10.1 Å². The maximum atomic E-state index is 12.9. The lowest BCUT2D eigenvalue weighted by Gasteiger charge is -2.39. The van der Waals surface area contributed by atoms with Crippen LogP contribution in [0.3, 0.4) is 0 Å². The molecule has 2 aromatic carbocycles. The Bertz CT molecular complexity index is 1230. The minimum absolute atomic E-state index is 0.0288. The van der Waals surface area contributed by atoms with Crippen molar-refractivity contribution >= 4 is 17.5 Å². The number of methoxy groups -OCH3 is 1. The first-order chi connectivity index (χ1) is 16.4. The lowest BCUT2D eigenvalue weighted by Crippen LogP contribution is -2.55. The Morgan fingerprint density at radius 2 is 2.00 bits per heavy atom. The third-order valence-electron chi connectivity index (χ3n) is 5.64. The third-order valence-corrected chi connectivity index (χ3v) is 5.64. The number of nitrogens with zero attached hydrogens (tertiary/aromatic N) is 5. The minimum Gasteiger partial charge on any atom is -0.497 e. The third kappa shape index (κ3) is 4.87. The number of hydrogen-bond donors (Lipinski definition) is 0. The summed E-state index contributed by atoms with van der Waals surface area (Å²) >= 11 is 0. The molecule has 11 heteroatoms. The second kappa shape index (κ2) is 9.69. The van der Waals surface area contributed by atoms with E-state index in [0.29, 0.717) is 36.8 Å². The van der Waals surface area contributed by atoms with Crippen LogP contribution in [0.1, 0.15) is 23.1 Å². The normalized spacial score (nSPS) is 15.8. The quantitative estimate of drug-likeness (QED) is 0.401. The number of amides is 2. The highest BCUT2D eigenvalue weighted by Gasteiger charge is 2.31. The number of ether oxygens (including phenoxy) is 1. The summed E-state index contributed by atoms with van der Waals surface area (Å²) in [7, 11) is 1.56. The Labute approximate surface area is 195 Å². The summed E-state index contributed by atoms with van der Waals surface area (Å²) < 4.78 is 10.5. The van der Waals surface area contributed by atoms with Crippen LogP contribution in [0.4, 0.5) is 5.69 Å². The molecule has 1 aliphatic rings. The van der Waals surface area contributed by atoms with Gasteiger partial charge in [-0.1, -0.05) is 17.3 Å². The maximum Gasteiger partial charge on any atom is 0.270 e. The van der Waals surface area contributed by atoms with Gasteiger partial charge in [-0.25, -0.2) is 0 Å². The highest BCUT2D eigenvalue weighted by Crippen LogP contribution is 2.23. The average Bonchev–Trinajstić information content (AvgIpc) is 3.32. The molecule has 0 saturated carbocycles. The van der Waals surface area contributed by atoms with Gasteiger partial charge in [0.05, 0.1) is 18.5 Å². The van der Waals surface area contributed by atoms with Gasteiger partial charge in [-0.2, -0.15) is 4.98 Å². The van der Waals surface area contributed by atoms with Crippen molar-refractivity contribution in [2.24, 2.45) is 0 Å². The van der Waals surface area contributed by atoms with Crippen molar-refractivity contribution in [1.29, 1.82) is 0 Å². The fourth-order valence-corrected chi connectivity index (χ4v) is 3.85. The van der Waals surface area contributed by atoms with Crippen LogP contribution in [0.2, 0.25) is 0 Å². The first-order valence-corrected chi connectivity index (χ1v) is 10.7. The van der Waals surface area contributed by atoms with Crippen LogP contribution >= 0.6 is 0 Å². The van der Waals surface area contributed by atoms with Crippen molar-refractivity contribution in [3.8, 4) is 17.2 Å². The van der Waals surface area contributed by atoms with Gasteiger partial charge in [0.1, 0.15) is 5.75 Å². The van der Waals surface area contributed by atoms with E-state index >= 15 is 0 Å². The van der Waals surface area contributed by atoms with Crippen molar-refractivity contribution in [3.05, 3.63) is 70.0 Å². The Morgan fingerprint density at radius 3 is 2.74 bits per heavy atom. The molecule has 1 saturated heterocycles. The van der Waals surface area contributed by atoms with Crippen molar-refractivity contribution in [2.45, 2.75) is 19.4 Å². The van der Waals surface area contributed by atoms with Gasteiger partial charge in [0.25, 0.3) is 17.5 Å². The summed E-state index contributed by atoms with van der Waals surface area (Å²) in [6.45, 7) is 2.82. The van der Waals surface area contributed by atoms with E-state index in [1.807, 2.05) is 6.92 Å². The molecule has 1 fully saturated rings. The first-order valence-electron chi connectivity index (χ1n) is 10.7. The van der Waals surface area contributed by atoms with Gasteiger partial charge >= 0.3 is 0 Å². The molecular weight excluding hydrogens is 442 g/mol. The van der Waals surface area contributed by atoms with E-state index in [4.69, 9.17) is 9.26 Å². The van der Waals surface area contributed by atoms with Crippen LogP contribution in [0.5, 0.6) is 5.75 Å². The van der Waals surface area contributed by atoms with Crippen LogP contribution in [-0.2, 0) is 11.2 Å². The zero-order valence-electron chi connectivity index (χ0n) is 18.7. The fraction of sp³-hybridized carbons (Fsp3) is 0.304. The standard InChI is InChI=1S/C23H23N5O6/c1-15-14-26(9-10-27(15)23(30)17-6-3-7-18(11-17)28(31)32)21(29)13-20-24-22(34-25-20)16-5-4-8-19(12-16)33-2/h3-8,11-12,15H,9-10,13-14H2,1-2H3. The number of nitro benzene ring substituents is 1. The zero-order valence-corrected chi connectivity index (χ0v) is 18.7.